The molecule has 1 aromatic heterocycles. The number of ketones is 1. The molecule has 6 rings (SSSR count). The van der Waals surface area contributed by atoms with Gasteiger partial charge < -0.3 is 9.47 Å². The highest BCUT2D eigenvalue weighted by Gasteiger charge is 2.44. The van der Waals surface area contributed by atoms with E-state index < -0.39 is 17.8 Å². The molecule has 7 heteroatoms. The number of Topliss-reactive ketones (excluding diaryl/α,β-unsaturated/α-hetero) is 1. The van der Waals surface area contributed by atoms with Crippen molar-refractivity contribution in [3.8, 4) is 0 Å². The molecular formula is C40H39F3N2O2. The molecule has 1 saturated heterocycles. The van der Waals surface area contributed by atoms with Gasteiger partial charge in [-0.05, 0) is 71.8 Å². The van der Waals surface area contributed by atoms with Gasteiger partial charge in [0.15, 0.2) is 5.78 Å². The Balaban J connectivity index is 1.38. The number of nitrogens with zero attached hydrogens (tertiary/aromatic N) is 2. The van der Waals surface area contributed by atoms with Crippen molar-refractivity contribution in [2.75, 3.05) is 6.54 Å². The molecule has 1 amide bonds. The number of fused-ring (bicyclic) bond motifs is 1. The minimum absolute atomic E-state index is 0.0916. The lowest BCUT2D eigenvalue weighted by molar-refractivity contribution is -0.137. The van der Waals surface area contributed by atoms with Gasteiger partial charge in [0.05, 0.1) is 5.56 Å². The predicted octanol–water partition coefficient (Wildman–Crippen LogP) is 9.49. The van der Waals surface area contributed by atoms with Crippen molar-refractivity contribution in [2.24, 2.45) is 0 Å². The Morgan fingerprint density at radius 2 is 1.32 bits per heavy atom. The maximum atomic E-state index is 14.4. The van der Waals surface area contributed by atoms with Crippen molar-refractivity contribution < 1.29 is 22.8 Å². The molecule has 4 nitrogen and oxygen atoms in total. The van der Waals surface area contributed by atoms with Crippen LogP contribution in [0.5, 0.6) is 0 Å². The quantitative estimate of drug-likeness (QED) is 0.143. The van der Waals surface area contributed by atoms with Crippen LogP contribution in [0, 0.1) is 0 Å². The van der Waals surface area contributed by atoms with Gasteiger partial charge in [-0.25, -0.2) is 0 Å². The zero-order valence-electron chi connectivity index (χ0n) is 26.8. The zero-order chi connectivity index (χ0) is 33.1. The van der Waals surface area contributed by atoms with Gasteiger partial charge in [0, 0.05) is 47.2 Å². The monoisotopic (exact) mass is 636 g/mol. The summed E-state index contributed by atoms with van der Waals surface area (Å²) < 4.78 is 41.6. The van der Waals surface area contributed by atoms with Gasteiger partial charge in [-0.3, -0.25) is 9.59 Å². The first kappa shape index (κ1) is 32.3. The summed E-state index contributed by atoms with van der Waals surface area (Å²) in [5.74, 6) is -0.518. The van der Waals surface area contributed by atoms with Gasteiger partial charge in [-0.2, -0.15) is 13.2 Å². The van der Waals surface area contributed by atoms with E-state index in [1.54, 1.807) is 4.90 Å². The highest BCUT2D eigenvalue weighted by atomic mass is 19.4. The fourth-order valence-electron chi connectivity index (χ4n) is 6.93. The van der Waals surface area contributed by atoms with Crippen molar-refractivity contribution in [3.05, 3.63) is 142 Å². The number of amides is 1. The van der Waals surface area contributed by atoms with Crippen LogP contribution in [0.3, 0.4) is 0 Å². The number of para-hydroxylation sites is 1. The first-order valence-electron chi connectivity index (χ1n) is 16.4. The lowest BCUT2D eigenvalue weighted by Crippen LogP contribution is -2.42. The average Bonchev–Trinajstić information content (AvgIpc) is 3.67. The number of likely N-dealkylation sites (tertiary alicyclic amines) is 1. The Bertz CT molecular complexity index is 1860. The van der Waals surface area contributed by atoms with Gasteiger partial charge in [-0.1, -0.05) is 93.4 Å². The lowest BCUT2D eigenvalue weighted by atomic mass is 9.86. The number of hydrogen-bond donors (Lipinski definition) is 0. The Kier molecular flexibility index (Phi) is 9.35. The number of aryl methyl sites for hydroxylation is 2. The summed E-state index contributed by atoms with van der Waals surface area (Å²) in [4.78, 5) is 30.3. The van der Waals surface area contributed by atoms with Crippen LogP contribution in [0.25, 0.3) is 10.9 Å². The molecule has 1 fully saturated rings. The zero-order valence-corrected chi connectivity index (χ0v) is 26.8. The van der Waals surface area contributed by atoms with E-state index in [1.807, 2.05) is 83.6 Å². The van der Waals surface area contributed by atoms with Crippen LogP contribution < -0.4 is 0 Å². The van der Waals surface area contributed by atoms with Crippen LogP contribution in [-0.4, -0.2) is 33.7 Å². The number of carbonyl (C=O) groups is 2. The first-order chi connectivity index (χ1) is 22.7. The molecule has 2 atom stereocenters. The number of alkyl halides is 3. The Hall–Kier alpha value is -4.65. The standard InChI is InChI=1S/C40H39F3N2O2/c1-3-7-27-11-17-30(18-12-27)38(46)37-34(23-24-45(37)39(47)31-19-13-28(8-4-2)14-20-31)35-26-44(36-10-6-5-9-33(35)36)25-29-15-21-32(22-16-29)40(41,42)43/h5-6,9-22,26,34,37H,3-4,7-8,23-25H2,1-2H3. The maximum absolute atomic E-state index is 14.4. The fourth-order valence-corrected chi connectivity index (χ4v) is 6.93. The molecule has 0 saturated carbocycles. The van der Waals surface area contributed by atoms with E-state index in [2.05, 4.69) is 13.8 Å². The number of halogens is 3. The van der Waals surface area contributed by atoms with Crippen molar-refractivity contribution in [1.82, 2.24) is 9.47 Å². The van der Waals surface area contributed by atoms with Crippen molar-refractivity contribution in [1.29, 1.82) is 0 Å². The van der Waals surface area contributed by atoms with Crippen LogP contribution >= 0.6 is 0 Å². The Labute approximate surface area is 273 Å². The molecule has 0 N–H and O–H groups in total. The van der Waals surface area contributed by atoms with E-state index in [9.17, 15) is 22.8 Å². The summed E-state index contributed by atoms with van der Waals surface area (Å²) >= 11 is 0. The van der Waals surface area contributed by atoms with Crippen LogP contribution in [0.4, 0.5) is 13.2 Å². The van der Waals surface area contributed by atoms with E-state index in [-0.39, 0.29) is 17.6 Å². The van der Waals surface area contributed by atoms with Gasteiger partial charge in [0.25, 0.3) is 5.91 Å². The molecule has 2 heterocycles. The molecule has 0 bridgehead atoms. The summed E-state index contributed by atoms with van der Waals surface area (Å²) in [6, 6.07) is 27.8. The first-order valence-corrected chi connectivity index (χ1v) is 16.4. The third-order valence-corrected chi connectivity index (χ3v) is 9.30. The molecule has 0 spiro atoms. The summed E-state index contributed by atoms with van der Waals surface area (Å²) in [5, 5.41) is 0.971. The van der Waals surface area contributed by atoms with E-state index >= 15 is 0 Å². The van der Waals surface area contributed by atoms with E-state index in [0.717, 1.165) is 59.8 Å². The van der Waals surface area contributed by atoms with Gasteiger partial charge in [0.1, 0.15) is 6.04 Å². The second-order valence-electron chi connectivity index (χ2n) is 12.5. The number of carbonyl (C=O) groups excluding carboxylic acids is 2. The Morgan fingerprint density at radius 1 is 0.745 bits per heavy atom. The van der Waals surface area contributed by atoms with Crippen molar-refractivity contribution >= 4 is 22.6 Å². The van der Waals surface area contributed by atoms with Gasteiger partial charge in [0.2, 0.25) is 0 Å². The van der Waals surface area contributed by atoms with Crippen LogP contribution in [0.15, 0.2) is 103 Å². The molecule has 47 heavy (non-hydrogen) atoms. The maximum Gasteiger partial charge on any atom is 0.416 e. The molecular weight excluding hydrogens is 597 g/mol. The molecule has 1 aliphatic rings. The van der Waals surface area contributed by atoms with Gasteiger partial charge >= 0.3 is 6.18 Å². The summed E-state index contributed by atoms with van der Waals surface area (Å²) in [7, 11) is 0. The molecule has 0 aliphatic carbocycles. The SMILES string of the molecule is CCCc1ccc(C(=O)C2C(c3cn(Cc4ccc(C(F)(F)F)cc4)c4ccccc34)CCN2C(=O)c2ccc(CCC)cc2)cc1. The second kappa shape index (κ2) is 13.6. The highest BCUT2D eigenvalue weighted by molar-refractivity contribution is 6.06. The lowest BCUT2D eigenvalue weighted by Gasteiger charge is -2.27. The summed E-state index contributed by atoms with van der Waals surface area (Å²) in [6.07, 6.45) is 2.12. The highest BCUT2D eigenvalue weighted by Crippen LogP contribution is 2.40. The molecule has 1 aliphatic heterocycles. The summed E-state index contributed by atoms with van der Waals surface area (Å²) in [5.41, 5.74) is 5.41. The minimum Gasteiger partial charge on any atom is -0.343 e. The topological polar surface area (TPSA) is 42.3 Å². The summed E-state index contributed by atoms with van der Waals surface area (Å²) in [6.45, 7) is 5.04. The van der Waals surface area contributed by atoms with Crippen molar-refractivity contribution in [2.45, 2.75) is 70.6 Å². The third kappa shape index (κ3) is 6.76. The van der Waals surface area contributed by atoms with Crippen molar-refractivity contribution in [3.63, 3.8) is 0 Å². The van der Waals surface area contributed by atoms with Crippen LogP contribution in [-0.2, 0) is 25.6 Å². The van der Waals surface area contributed by atoms with E-state index in [4.69, 9.17) is 0 Å². The average molecular weight is 637 g/mol. The largest absolute Gasteiger partial charge is 0.416 e. The van der Waals surface area contributed by atoms with E-state index in [1.165, 1.54) is 23.3 Å². The van der Waals surface area contributed by atoms with Crippen LogP contribution in [0.2, 0.25) is 0 Å². The minimum atomic E-state index is -4.40. The number of hydrogen-bond acceptors (Lipinski definition) is 2. The normalized spacial score (nSPS) is 16.6. The van der Waals surface area contributed by atoms with Gasteiger partial charge in [-0.15, -0.1) is 0 Å². The molecule has 4 aromatic carbocycles. The predicted molar refractivity (Wildman–Crippen MR) is 180 cm³/mol. The number of aromatic nitrogens is 1. The van der Waals surface area contributed by atoms with Crippen LogP contribution in [0.1, 0.15) is 87.6 Å². The fraction of sp³-hybridized carbons (Fsp3) is 0.300. The Morgan fingerprint density at radius 3 is 1.91 bits per heavy atom. The third-order valence-electron chi connectivity index (χ3n) is 9.30. The second-order valence-corrected chi connectivity index (χ2v) is 12.5. The van der Waals surface area contributed by atoms with E-state index in [0.29, 0.717) is 30.6 Å². The number of rotatable bonds is 10. The molecule has 0 radical (unpaired) electrons. The molecule has 2 unspecified atom stereocenters. The smallest absolute Gasteiger partial charge is 0.343 e. The number of benzene rings is 4. The molecule has 242 valence electrons. The molecule has 5 aromatic rings.